The zero-order valence-electron chi connectivity index (χ0n) is 17.5. The number of nitrogens with one attached hydrogen (secondary N) is 1. The summed E-state index contributed by atoms with van der Waals surface area (Å²) in [5.41, 5.74) is 0.472. The molecular weight excluding hydrogens is 369 g/mol. The second-order valence-corrected chi connectivity index (χ2v) is 8.62. The van der Waals surface area contributed by atoms with Crippen LogP contribution in [-0.4, -0.2) is 60.9 Å². The van der Waals surface area contributed by atoms with Gasteiger partial charge in [0.2, 0.25) is 5.91 Å². The average Bonchev–Trinajstić information content (AvgIpc) is 2.75. The average molecular weight is 404 g/mol. The molecular formula is C23H34FN3O2. The summed E-state index contributed by atoms with van der Waals surface area (Å²) < 4.78 is 13.1. The van der Waals surface area contributed by atoms with Crippen molar-refractivity contribution < 1.29 is 14.0 Å². The minimum atomic E-state index is -0.354. The van der Waals surface area contributed by atoms with Gasteiger partial charge in [-0.1, -0.05) is 6.92 Å². The van der Waals surface area contributed by atoms with E-state index in [9.17, 15) is 14.0 Å². The van der Waals surface area contributed by atoms with Gasteiger partial charge in [0, 0.05) is 25.2 Å². The van der Waals surface area contributed by atoms with Crippen LogP contribution in [0.1, 0.15) is 55.8 Å². The lowest BCUT2D eigenvalue weighted by atomic mass is 9.96. The molecule has 5 nitrogen and oxygen atoms in total. The molecule has 0 bridgehead atoms. The van der Waals surface area contributed by atoms with Gasteiger partial charge < -0.3 is 15.1 Å². The first-order chi connectivity index (χ1) is 14.0. The van der Waals surface area contributed by atoms with Gasteiger partial charge in [-0.2, -0.15) is 0 Å². The molecule has 0 radical (unpaired) electrons. The standard InChI is InChI=1S/C23H34FN3O2/c1-18-10-15-26(16-11-18)13-3-2-12-25-22(28)20-5-4-14-27(17-20)23(29)19-6-8-21(24)9-7-19/h6-9,18,20H,2-5,10-17H2,1H3,(H,25,28). The van der Waals surface area contributed by atoms with Crippen LogP contribution in [0.4, 0.5) is 4.39 Å². The van der Waals surface area contributed by atoms with E-state index in [1.807, 2.05) is 0 Å². The molecule has 29 heavy (non-hydrogen) atoms. The minimum Gasteiger partial charge on any atom is -0.356 e. The second-order valence-electron chi connectivity index (χ2n) is 8.62. The third kappa shape index (κ3) is 6.53. The lowest BCUT2D eigenvalue weighted by molar-refractivity contribution is -0.126. The third-order valence-electron chi connectivity index (χ3n) is 6.25. The summed E-state index contributed by atoms with van der Waals surface area (Å²) in [6.45, 7) is 7.63. The highest BCUT2D eigenvalue weighted by atomic mass is 19.1. The molecule has 0 aliphatic carbocycles. The Morgan fingerprint density at radius 1 is 1.07 bits per heavy atom. The molecule has 6 heteroatoms. The largest absolute Gasteiger partial charge is 0.356 e. The molecule has 2 heterocycles. The zero-order valence-corrected chi connectivity index (χ0v) is 17.5. The van der Waals surface area contributed by atoms with Gasteiger partial charge in [0.05, 0.1) is 5.92 Å². The van der Waals surface area contributed by atoms with E-state index in [0.29, 0.717) is 25.2 Å². The van der Waals surface area contributed by atoms with Crippen LogP contribution < -0.4 is 5.32 Å². The zero-order chi connectivity index (χ0) is 20.6. The Morgan fingerprint density at radius 2 is 1.79 bits per heavy atom. The first-order valence-electron chi connectivity index (χ1n) is 11.1. The summed E-state index contributed by atoms with van der Waals surface area (Å²) in [6.07, 6.45) is 6.32. The van der Waals surface area contributed by atoms with E-state index in [-0.39, 0.29) is 23.5 Å². The molecule has 0 spiro atoms. The highest BCUT2D eigenvalue weighted by molar-refractivity contribution is 5.94. The van der Waals surface area contributed by atoms with Crippen molar-refractivity contribution in [3.8, 4) is 0 Å². The smallest absolute Gasteiger partial charge is 0.253 e. The fourth-order valence-electron chi connectivity index (χ4n) is 4.25. The Kier molecular flexibility index (Phi) is 8.04. The Hall–Kier alpha value is -1.95. The van der Waals surface area contributed by atoms with Crippen molar-refractivity contribution in [3.05, 3.63) is 35.6 Å². The van der Waals surface area contributed by atoms with Crippen LogP contribution in [0.15, 0.2) is 24.3 Å². The SMILES string of the molecule is CC1CCN(CCCCNC(=O)C2CCCN(C(=O)c3ccc(F)cc3)C2)CC1. The first kappa shape index (κ1) is 21.8. The van der Waals surface area contributed by atoms with Gasteiger partial charge in [0.25, 0.3) is 5.91 Å². The van der Waals surface area contributed by atoms with Gasteiger partial charge in [0.15, 0.2) is 0 Å². The highest BCUT2D eigenvalue weighted by Crippen LogP contribution is 2.19. The van der Waals surface area contributed by atoms with Crippen LogP contribution in [-0.2, 0) is 4.79 Å². The number of likely N-dealkylation sites (tertiary alicyclic amines) is 2. The van der Waals surface area contributed by atoms with Gasteiger partial charge in [-0.05, 0) is 88.3 Å². The van der Waals surface area contributed by atoms with Crippen molar-refractivity contribution in [2.45, 2.75) is 45.4 Å². The van der Waals surface area contributed by atoms with Crippen LogP contribution in [0.3, 0.4) is 0 Å². The van der Waals surface area contributed by atoms with Crippen molar-refractivity contribution in [3.63, 3.8) is 0 Å². The van der Waals surface area contributed by atoms with Gasteiger partial charge in [-0.3, -0.25) is 9.59 Å². The number of halogens is 1. The Bertz CT molecular complexity index is 671. The number of nitrogens with zero attached hydrogens (tertiary/aromatic N) is 2. The van der Waals surface area contributed by atoms with Crippen molar-refractivity contribution in [1.29, 1.82) is 0 Å². The number of carbonyl (C=O) groups excluding carboxylic acids is 2. The number of unbranched alkanes of at least 4 members (excludes halogenated alkanes) is 1. The molecule has 3 rings (SSSR count). The fourth-order valence-corrected chi connectivity index (χ4v) is 4.25. The Morgan fingerprint density at radius 3 is 2.52 bits per heavy atom. The summed E-state index contributed by atoms with van der Waals surface area (Å²) in [7, 11) is 0. The van der Waals surface area contributed by atoms with Crippen molar-refractivity contribution in [2.75, 3.05) is 39.3 Å². The van der Waals surface area contributed by atoms with Crippen LogP contribution in [0.25, 0.3) is 0 Å². The molecule has 0 saturated carbocycles. The molecule has 2 aliphatic heterocycles. The normalized spacial score (nSPS) is 21.2. The molecule has 2 saturated heterocycles. The summed E-state index contributed by atoms with van der Waals surface area (Å²) in [4.78, 5) is 29.4. The Labute approximate surface area is 173 Å². The Balaban J connectivity index is 1.36. The summed E-state index contributed by atoms with van der Waals surface area (Å²) in [6, 6.07) is 5.60. The summed E-state index contributed by atoms with van der Waals surface area (Å²) in [5, 5.41) is 3.06. The van der Waals surface area contributed by atoms with Gasteiger partial charge in [0.1, 0.15) is 5.82 Å². The van der Waals surface area contributed by atoms with E-state index < -0.39 is 0 Å². The number of piperidine rings is 2. The number of amides is 2. The predicted octanol–water partition coefficient (Wildman–Crippen LogP) is 3.31. The van der Waals surface area contributed by atoms with Crippen molar-refractivity contribution in [2.24, 2.45) is 11.8 Å². The lowest BCUT2D eigenvalue weighted by Crippen LogP contribution is -2.45. The van der Waals surface area contributed by atoms with Crippen LogP contribution in [0.2, 0.25) is 0 Å². The van der Waals surface area contributed by atoms with Crippen LogP contribution >= 0.6 is 0 Å². The maximum Gasteiger partial charge on any atom is 0.253 e. The summed E-state index contributed by atoms with van der Waals surface area (Å²) >= 11 is 0. The highest BCUT2D eigenvalue weighted by Gasteiger charge is 2.28. The molecule has 1 atom stereocenters. The van der Waals surface area contributed by atoms with Crippen LogP contribution in [0, 0.1) is 17.7 Å². The van der Waals surface area contributed by atoms with E-state index in [4.69, 9.17) is 0 Å². The van der Waals surface area contributed by atoms with E-state index in [1.165, 1.54) is 50.2 Å². The number of hydrogen-bond acceptors (Lipinski definition) is 3. The quantitative estimate of drug-likeness (QED) is 0.711. The molecule has 1 unspecified atom stereocenters. The minimum absolute atomic E-state index is 0.0494. The molecule has 2 amide bonds. The number of benzene rings is 1. The second kappa shape index (κ2) is 10.7. The van der Waals surface area contributed by atoms with E-state index in [1.54, 1.807) is 4.90 Å². The van der Waals surface area contributed by atoms with Gasteiger partial charge in [-0.25, -0.2) is 4.39 Å². The summed E-state index contributed by atoms with van der Waals surface area (Å²) in [5.74, 6) is 0.270. The number of hydrogen-bond donors (Lipinski definition) is 1. The molecule has 0 aromatic heterocycles. The molecule has 1 aromatic carbocycles. The monoisotopic (exact) mass is 403 g/mol. The first-order valence-corrected chi connectivity index (χ1v) is 11.1. The molecule has 1 aromatic rings. The van der Waals surface area contributed by atoms with E-state index in [0.717, 1.165) is 38.1 Å². The number of carbonyl (C=O) groups is 2. The van der Waals surface area contributed by atoms with Crippen LogP contribution in [0.5, 0.6) is 0 Å². The van der Waals surface area contributed by atoms with Gasteiger partial charge in [-0.15, -0.1) is 0 Å². The van der Waals surface area contributed by atoms with Crippen molar-refractivity contribution >= 4 is 11.8 Å². The maximum atomic E-state index is 13.1. The lowest BCUT2D eigenvalue weighted by Gasteiger charge is -2.32. The third-order valence-corrected chi connectivity index (χ3v) is 6.25. The van der Waals surface area contributed by atoms with E-state index >= 15 is 0 Å². The van der Waals surface area contributed by atoms with E-state index in [2.05, 4.69) is 17.1 Å². The maximum absolute atomic E-state index is 13.1. The molecule has 160 valence electrons. The number of rotatable bonds is 7. The molecule has 2 aliphatic rings. The fraction of sp³-hybridized carbons (Fsp3) is 0.652. The van der Waals surface area contributed by atoms with Crippen molar-refractivity contribution in [1.82, 2.24) is 15.1 Å². The molecule has 2 fully saturated rings. The molecule has 1 N–H and O–H groups in total. The predicted molar refractivity (Wildman–Crippen MR) is 112 cm³/mol. The van der Waals surface area contributed by atoms with Gasteiger partial charge >= 0.3 is 0 Å². The topological polar surface area (TPSA) is 52.7 Å².